The van der Waals surface area contributed by atoms with Gasteiger partial charge >= 0.3 is 5.69 Å². The molecule has 0 fully saturated rings. The topological polar surface area (TPSA) is 74.8 Å². The predicted molar refractivity (Wildman–Crippen MR) is 86.8 cm³/mol. The van der Waals surface area contributed by atoms with Crippen LogP contribution in [0, 0.1) is 0 Å². The molecular formula is C15H9Cl2N3O2. The molecule has 0 atom stereocenters. The van der Waals surface area contributed by atoms with Crippen molar-refractivity contribution in [1.29, 1.82) is 0 Å². The third-order valence-electron chi connectivity index (χ3n) is 3.05. The number of nitrogens with one attached hydrogen (secondary N) is 2. The number of rotatable bonds is 2. The molecule has 0 bridgehead atoms. The fraction of sp³-hybridized carbons (Fsp3) is 0. The maximum atomic E-state index is 12.2. The van der Waals surface area contributed by atoms with Gasteiger partial charge in [-0.05, 0) is 36.4 Å². The molecule has 2 aromatic carbocycles. The van der Waals surface area contributed by atoms with E-state index in [-0.39, 0.29) is 5.91 Å². The van der Waals surface area contributed by atoms with Gasteiger partial charge in [-0.15, -0.1) is 0 Å². The number of fused-ring (bicyclic) bond motifs is 1. The van der Waals surface area contributed by atoms with Gasteiger partial charge < -0.3 is 10.3 Å². The van der Waals surface area contributed by atoms with E-state index in [2.05, 4.69) is 15.3 Å². The minimum absolute atomic E-state index is 0.310. The first-order valence-electron chi connectivity index (χ1n) is 6.28. The molecule has 0 spiro atoms. The third kappa shape index (κ3) is 2.95. The van der Waals surface area contributed by atoms with Gasteiger partial charge in [-0.2, -0.15) is 0 Å². The standard InChI is InChI=1S/C15H9Cl2N3O2/c16-11-3-1-8(6-12(11)17)14(21)19-10-2-4-13-9(5-10)7-18-15(22)20-13/h1-7H,(H,19,21)(H,18,20,22). The molecule has 0 aliphatic carbocycles. The molecule has 0 unspecified atom stereocenters. The second kappa shape index (κ2) is 5.79. The highest BCUT2D eigenvalue weighted by atomic mass is 35.5. The Morgan fingerprint density at radius 3 is 2.68 bits per heavy atom. The second-order valence-electron chi connectivity index (χ2n) is 4.57. The van der Waals surface area contributed by atoms with Crippen LogP contribution in [0.15, 0.2) is 47.4 Å². The minimum atomic E-state index is -0.417. The minimum Gasteiger partial charge on any atom is -0.322 e. The molecule has 1 amide bonds. The molecule has 1 heterocycles. The summed E-state index contributed by atoms with van der Waals surface area (Å²) in [4.78, 5) is 29.6. The van der Waals surface area contributed by atoms with Gasteiger partial charge in [0.1, 0.15) is 0 Å². The second-order valence-corrected chi connectivity index (χ2v) is 5.39. The molecule has 2 N–H and O–H groups in total. The Labute approximate surface area is 134 Å². The summed E-state index contributed by atoms with van der Waals surface area (Å²) in [5.41, 5.74) is 1.21. The largest absolute Gasteiger partial charge is 0.345 e. The number of carbonyl (C=O) groups excluding carboxylic acids is 1. The van der Waals surface area contributed by atoms with Crippen molar-refractivity contribution < 1.29 is 4.79 Å². The first-order valence-corrected chi connectivity index (χ1v) is 7.04. The number of amides is 1. The normalized spacial score (nSPS) is 10.6. The molecule has 0 radical (unpaired) electrons. The summed E-state index contributed by atoms with van der Waals surface area (Å²) in [5.74, 6) is -0.310. The van der Waals surface area contributed by atoms with E-state index in [0.29, 0.717) is 32.2 Å². The summed E-state index contributed by atoms with van der Waals surface area (Å²) >= 11 is 11.7. The lowest BCUT2D eigenvalue weighted by atomic mass is 10.2. The molecule has 7 heteroatoms. The highest BCUT2D eigenvalue weighted by Crippen LogP contribution is 2.23. The predicted octanol–water partition coefficient (Wildman–Crippen LogP) is 3.48. The van der Waals surface area contributed by atoms with Crippen LogP contribution in [0.2, 0.25) is 10.0 Å². The average molecular weight is 334 g/mol. The lowest BCUT2D eigenvalue weighted by Crippen LogP contribution is -2.12. The van der Waals surface area contributed by atoms with Gasteiger partial charge in [-0.1, -0.05) is 23.2 Å². The summed E-state index contributed by atoms with van der Waals surface area (Å²) in [6, 6.07) is 9.75. The van der Waals surface area contributed by atoms with Crippen molar-refractivity contribution in [3.05, 3.63) is 68.7 Å². The van der Waals surface area contributed by atoms with Crippen LogP contribution in [0.5, 0.6) is 0 Å². The molecule has 110 valence electrons. The quantitative estimate of drug-likeness (QED) is 0.753. The van der Waals surface area contributed by atoms with Crippen LogP contribution in [0.1, 0.15) is 10.4 Å². The molecule has 5 nitrogen and oxygen atoms in total. The summed E-state index contributed by atoms with van der Waals surface area (Å²) in [7, 11) is 0. The molecular weight excluding hydrogens is 325 g/mol. The van der Waals surface area contributed by atoms with Crippen LogP contribution >= 0.6 is 23.2 Å². The number of carbonyl (C=O) groups is 1. The van der Waals surface area contributed by atoms with Crippen molar-refractivity contribution in [3.8, 4) is 0 Å². The van der Waals surface area contributed by atoms with E-state index >= 15 is 0 Å². The number of halogens is 2. The van der Waals surface area contributed by atoms with Gasteiger partial charge in [0.25, 0.3) is 5.91 Å². The van der Waals surface area contributed by atoms with Crippen molar-refractivity contribution in [1.82, 2.24) is 9.97 Å². The molecule has 3 aromatic rings. The van der Waals surface area contributed by atoms with Crippen LogP contribution in [0.4, 0.5) is 5.69 Å². The Morgan fingerprint density at radius 1 is 1.09 bits per heavy atom. The Hall–Kier alpha value is -2.37. The van der Waals surface area contributed by atoms with Crippen molar-refractivity contribution in [2.24, 2.45) is 0 Å². The van der Waals surface area contributed by atoms with Crippen molar-refractivity contribution >= 4 is 45.7 Å². The maximum absolute atomic E-state index is 12.2. The van der Waals surface area contributed by atoms with E-state index in [1.807, 2.05) is 0 Å². The van der Waals surface area contributed by atoms with Crippen molar-refractivity contribution in [3.63, 3.8) is 0 Å². The smallest absolute Gasteiger partial charge is 0.322 e. The lowest BCUT2D eigenvalue weighted by molar-refractivity contribution is 0.102. The highest BCUT2D eigenvalue weighted by molar-refractivity contribution is 6.42. The van der Waals surface area contributed by atoms with Gasteiger partial charge in [0.05, 0.1) is 15.6 Å². The number of H-pyrrole nitrogens is 1. The third-order valence-corrected chi connectivity index (χ3v) is 3.79. The van der Waals surface area contributed by atoms with Crippen LogP contribution < -0.4 is 11.0 Å². The van der Waals surface area contributed by atoms with Gasteiger partial charge in [0.2, 0.25) is 0 Å². The molecule has 0 aliphatic rings. The fourth-order valence-electron chi connectivity index (χ4n) is 1.98. The van der Waals surface area contributed by atoms with E-state index < -0.39 is 5.69 Å². The summed E-state index contributed by atoms with van der Waals surface area (Å²) in [6.45, 7) is 0. The van der Waals surface area contributed by atoms with Crippen LogP contribution in [-0.4, -0.2) is 15.9 Å². The first-order chi connectivity index (χ1) is 10.5. The number of anilines is 1. The zero-order valence-electron chi connectivity index (χ0n) is 11.1. The van der Waals surface area contributed by atoms with E-state index in [0.717, 1.165) is 0 Å². The Morgan fingerprint density at radius 2 is 1.91 bits per heavy atom. The molecule has 1 aromatic heterocycles. The molecule has 0 aliphatic heterocycles. The lowest BCUT2D eigenvalue weighted by Gasteiger charge is -2.07. The Kier molecular flexibility index (Phi) is 3.83. The van der Waals surface area contributed by atoms with Crippen LogP contribution in [0.3, 0.4) is 0 Å². The van der Waals surface area contributed by atoms with Crippen molar-refractivity contribution in [2.45, 2.75) is 0 Å². The number of benzene rings is 2. The number of aromatic nitrogens is 2. The van der Waals surface area contributed by atoms with E-state index in [1.54, 1.807) is 30.3 Å². The van der Waals surface area contributed by atoms with Gasteiger partial charge in [-0.25, -0.2) is 9.78 Å². The zero-order chi connectivity index (χ0) is 15.7. The summed E-state index contributed by atoms with van der Waals surface area (Å²) < 4.78 is 0. The summed E-state index contributed by atoms with van der Waals surface area (Å²) in [6.07, 6.45) is 1.45. The number of hydrogen-bond acceptors (Lipinski definition) is 3. The fourth-order valence-corrected chi connectivity index (χ4v) is 2.28. The van der Waals surface area contributed by atoms with Gasteiger partial charge in [0, 0.05) is 22.8 Å². The monoisotopic (exact) mass is 333 g/mol. The average Bonchev–Trinajstić information content (AvgIpc) is 2.50. The van der Waals surface area contributed by atoms with Crippen molar-refractivity contribution in [2.75, 3.05) is 5.32 Å². The molecule has 22 heavy (non-hydrogen) atoms. The van der Waals surface area contributed by atoms with Gasteiger partial charge in [0.15, 0.2) is 0 Å². The van der Waals surface area contributed by atoms with E-state index in [9.17, 15) is 9.59 Å². The highest BCUT2D eigenvalue weighted by Gasteiger charge is 2.09. The maximum Gasteiger partial charge on any atom is 0.345 e. The molecule has 3 rings (SSSR count). The SMILES string of the molecule is O=C(Nc1ccc2[nH]c(=O)ncc2c1)c1ccc(Cl)c(Cl)c1. The summed E-state index contributed by atoms with van der Waals surface area (Å²) in [5, 5.41) is 4.17. The Bertz CT molecular complexity index is 937. The zero-order valence-corrected chi connectivity index (χ0v) is 12.6. The van der Waals surface area contributed by atoms with E-state index in [4.69, 9.17) is 23.2 Å². The molecule has 0 saturated heterocycles. The molecule has 0 saturated carbocycles. The van der Waals surface area contributed by atoms with Crippen LogP contribution in [0.25, 0.3) is 10.9 Å². The number of aromatic amines is 1. The number of nitrogens with zero attached hydrogens (tertiary/aromatic N) is 1. The van der Waals surface area contributed by atoms with Gasteiger partial charge in [-0.3, -0.25) is 4.79 Å². The number of hydrogen-bond donors (Lipinski definition) is 2. The van der Waals surface area contributed by atoms with E-state index in [1.165, 1.54) is 12.3 Å². The first kappa shape index (κ1) is 14.6. The Balaban J connectivity index is 1.88. The van der Waals surface area contributed by atoms with Crippen LogP contribution in [-0.2, 0) is 0 Å².